The van der Waals surface area contributed by atoms with Crippen LogP contribution in [0.15, 0.2) is 45.8 Å². The van der Waals surface area contributed by atoms with E-state index >= 15 is 0 Å². The summed E-state index contributed by atoms with van der Waals surface area (Å²) in [6.07, 6.45) is 0.117. The van der Waals surface area contributed by atoms with Gasteiger partial charge in [0.2, 0.25) is 15.9 Å². The molecule has 0 aliphatic carbocycles. The van der Waals surface area contributed by atoms with Crippen LogP contribution in [0.5, 0.6) is 0 Å². The molecule has 1 fully saturated rings. The number of sulfonamides is 1. The first kappa shape index (κ1) is 22.4. The van der Waals surface area contributed by atoms with Gasteiger partial charge in [0.1, 0.15) is 5.69 Å². The number of likely N-dealkylation sites (N-methyl/N-ethyl adjacent to an activating group) is 1. The summed E-state index contributed by atoms with van der Waals surface area (Å²) in [5.41, 5.74) is 4.22. The highest BCUT2D eigenvalue weighted by molar-refractivity contribution is 7.89. The summed E-state index contributed by atoms with van der Waals surface area (Å²) in [7, 11) is -1.51. The summed E-state index contributed by atoms with van der Waals surface area (Å²) >= 11 is 0. The molecule has 1 aliphatic rings. The molecule has 0 radical (unpaired) electrons. The molecule has 4 rings (SSSR count). The van der Waals surface area contributed by atoms with Crippen LogP contribution >= 0.6 is 0 Å². The monoisotopic (exact) mass is 456 g/mol. The smallest absolute Gasteiger partial charge is 0.243 e. The van der Waals surface area contributed by atoms with Gasteiger partial charge < -0.3 is 14.7 Å². The second-order valence-electron chi connectivity index (χ2n) is 8.39. The van der Waals surface area contributed by atoms with Gasteiger partial charge in [0.15, 0.2) is 5.58 Å². The van der Waals surface area contributed by atoms with Crippen molar-refractivity contribution >= 4 is 26.9 Å². The van der Waals surface area contributed by atoms with Crippen molar-refractivity contribution in [3.8, 4) is 0 Å². The SMILES string of the molecule is Cc1cc(C)c2onc(CC(=O)NCc3ccc(S(=O)(=O)N4CCN(C)CC4)cc3)c2c1. The van der Waals surface area contributed by atoms with Crippen LogP contribution in [0.3, 0.4) is 0 Å². The van der Waals surface area contributed by atoms with Crippen molar-refractivity contribution in [2.45, 2.75) is 31.7 Å². The van der Waals surface area contributed by atoms with E-state index in [1.54, 1.807) is 24.3 Å². The lowest BCUT2D eigenvalue weighted by Crippen LogP contribution is -2.47. The third-order valence-corrected chi connectivity index (χ3v) is 7.73. The summed E-state index contributed by atoms with van der Waals surface area (Å²) in [6.45, 7) is 6.70. The maximum atomic E-state index is 12.8. The molecule has 0 spiro atoms. The van der Waals surface area contributed by atoms with E-state index in [9.17, 15) is 13.2 Å². The van der Waals surface area contributed by atoms with Crippen LogP contribution in [0, 0.1) is 13.8 Å². The maximum Gasteiger partial charge on any atom is 0.243 e. The molecule has 0 saturated carbocycles. The van der Waals surface area contributed by atoms with Crippen LogP contribution in [0.2, 0.25) is 0 Å². The number of hydrogen-bond donors (Lipinski definition) is 1. The highest BCUT2D eigenvalue weighted by atomic mass is 32.2. The quantitative estimate of drug-likeness (QED) is 0.611. The first-order chi connectivity index (χ1) is 15.2. The Bertz CT molecular complexity index is 1230. The minimum Gasteiger partial charge on any atom is -0.356 e. The fraction of sp³-hybridized carbons (Fsp3) is 0.391. The zero-order valence-corrected chi connectivity index (χ0v) is 19.4. The zero-order chi connectivity index (χ0) is 22.9. The molecule has 9 heteroatoms. The number of fused-ring (bicyclic) bond motifs is 1. The molecule has 1 aliphatic heterocycles. The molecule has 0 atom stereocenters. The predicted molar refractivity (Wildman–Crippen MR) is 122 cm³/mol. The maximum absolute atomic E-state index is 12.8. The molecule has 2 heterocycles. The number of aryl methyl sites for hydroxylation is 2. The topological polar surface area (TPSA) is 95.8 Å². The van der Waals surface area contributed by atoms with Gasteiger partial charge in [0.05, 0.1) is 11.3 Å². The average Bonchev–Trinajstić information content (AvgIpc) is 3.15. The summed E-state index contributed by atoms with van der Waals surface area (Å²) in [6, 6.07) is 10.7. The van der Waals surface area contributed by atoms with E-state index in [0.29, 0.717) is 30.9 Å². The Balaban J connectivity index is 1.37. The van der Waals surface area contributed by atoms with E-state index in [4.69, 9.17) is 4.52 Å². The van der Waals surface area contributed by atoms with Gasteiger partial charge in [-0.15, -0.1) is 0 Å². The summed E-state index contributed by atoms with van der Waals surface area (Å²) in [4.78, 5) is 14.8. The van der Waals surface area contributed by atoms with Gasteiger partial charge >= 0.3 is 0 Å². The van der Waals surface area contributed by atoms with E-state index in [0.717, 1.165) is 35.2 Å². The first-order valence-corrected chi connectivity index (χ1v) is 12.1. The molecule has 2 aromatic carbocycles. The largest absolute Gasteiger partial charge is 0.356 e. The van der Waals surface area contributed by atoms with Gasteiger partial charge in [-0.05, 0) is 55.8 Å². The number of rotatable bonds is 6. The number of carbonyl (C=O) groups excluding carboxylic acids is 1. The van der Waals surface area contributed by atoms with Gasteiger partial charge in [-0.25, -0.2) is 8.42 Å². The molecule has 0 bridgehead atoms. The fourth-order valence-corrected chi connectivity index (χ4v) is 5.36. The Morgan fingerprint density at radius 2 is 1.78 bits per heavy atom. The van der Waals surface area contributed by atoms with Gasteiger partial charge in [-0.1, -0.05) is 23.4 Å². The van der Waals surface area contributed by atoms with Crippen LogP contribution in [0.1, 0.15) is 22.4 Å². The third-order valence-electron chi connectivity index (χ3n) is 5.82. The minimum absolute atomic E-state index is 0.117. The molecule has 3 aromatic rings. The number of nitrogens with zero attached hydrogens (tertiary/aromatic N) is 3. The molecule has 1 N–H and O–H groups in total. The van der Waals surface area contributed by atoms with Crippen molar-refractivity contribution < 1.29 is 17.7 Å². The molecular weight excluding hydrogens is 428 g/mol. The van der Waals surface area contributed by atoms with E-state index in [-0.39, 0.29) is 17.2 Å². The fourth-order valence-electron chi connectivity index (χ4n) is 3.94. The standard InChI is InChI=1S/C23H28N4O4S/c1-16-12-17(2)23-20(13-16)21(25-31-23)14-22(28)24-15-18-4-6-19(7-5-18)32(29,30)27-10-8-26(3)9-11-27/h4-7,12-13H,8-11,14-15H2,1-3H3,(H,24,28). The molecule has 1 amide bonds. The van der Waals surface area contributed by atoms with Crippen LogP contribution in [0.4, 0.5) is 0 Å². The van der Waals surface area contributed by atoms with Crippen molar-refractivity contribution in [1.29, 1.82) is 0 Å². The number of hydrogen-bond acceptors (Lipinski definition) is 6. The Kier molecular flexibility index (Phi) is 6.32. The van der Waals surface area contributed by atoms with Crippen LogP contribution in [0.25, 0.3) is 11.0 Å². The summed E-state index contributed by atoms with van der Waals surface area (Å²) < 4.78 is 32.6. The normalized spacial score (nSPS) is 15.8. The summed E-state index contributed by atoms with van der Waals surface area (Å²) in [5, 5.41) is 7.80. The third kappa shape index (κ3) is 4.69. The van der Waals surface area contributed by atoms with Gasteiger partial charge in [-0.2, -0.15) is 4.31 Å². The Hall–Kier alpha value is -2.75. The number of aromatic nitrogens is 1. The van der Waals surface area contributed by atoms with E-state index in [1.165, 1.54) is 4.31 Å². The van der Waals surface area contributed by atoms with E-state index in [1.807, 2.05) is 33.0 Å². The lowest BCUT2D eigenvalue weighted by Gasteiger charge is -2.31. The van der Waals surface area contributed by atoms with Gasteiger partial charge in [0.25, 0.3) is 0 Å². The highest BCUT2D eigenvalue weighted by Gasteiger charge is 2.27. The van der Waals surface area contributed by atoms with E-state index < -0.39 is 10.0 Å². The molecule has 0 unspecified atom stereocenters. The average molecular weight is 457 g/mol. The lowest BCUT2D eigenvalue weighted by molar-refractivity contribution is -0.120. The molecule has 1 saturated heterocycles. The predicted octanol–water partition coefficient (Wildman–Crippen LogP) is 2.24. The van der Waals surface area contributed by atoms with Crippen LogP contribution < -0.4 is 5.32 Å². The van der Waals surface area contributed by atoms with Crippen LogP contribution in [-0.2, 0) is 27.8 Å². The zero-order valence-electron chi connectivity index (χ0n) is 18.6. The van der Waals surface area contributed by atoms with Gasteiger partial charge in [-0.3, -0.25) is 4.79 Å². The Morgan fingerprint density at radius 3 is 2.47 bits per heavy atom. The van der Waals surface area contributed by atoms with Crippen molar-refractivity contribution in [1.82, 2.24) is 19.7 Å². The number of benzene rings is 2. The first-order valence-electron chi connectivity index (χ1n) is 10.6. The van der Waals surface area contributed by atoms with Gasteiger partial charge in [0, 0.05) is 38.1 Å². The van der Waals surface area contributed by atoms with Crippen molar-refractivity contribution in [2.75, 3.05) is 33.2 Å². The number of piperazine rings is 1. The summed E-state index contributed by atoms with van der Waals surface area (Å²) in [5.74, 6) is -0.173. The van der Waals surface area contributed by atoms with Crippen molar-refractivity contribution in [3.05, 3.63) is 58.8 Å². The molecule has 1 aromatic heterocycles. The second kappa shape index (κ2) is 9.01. The number of nitrogens with one attached hydrogen (secondary N) is 1. The second-order valence-corrected chi connectivity index (χ2v) is 10.3. The molecule has 8 nitrogen and oxygen atoms in total. The van der Waals surface area contributed by atoms with Crippen molar-refractivity contribution in [3.63, 3.8) is 0 Å². The van der Waals surface area contributed by atoms with Crippen LogP contribution in [-0.4, -0.2) is 61.9 Å². The molecular formula is C23H28N4O4S. The highest BCUT2D eigenvalue weighted by Crippen LogP contribution is 2.24. The Labute approximate surface area is 188 Å². The minimum atomic E-state index is -3.50. The van der Waals surface area contributed by atoms with Crippen molar-refractivity contribution in [2.24, 2.45) is 0 Å². The number of amides is 1. The molecule has 32 heavy (non-hydrogen) atoms. The van der Waals surface area contributed by atoms with E-state index in [2.05, 4.69) is 15.4 Å². The Morgan fingerprint density at radius 1 is 1.09 bits per heavy atom. The number of carbonyl (C=O) groups is 1. The molecule has 170 valence electrons. The lowest BCUT2D eigenvalue weighted by atomic mass is 10.1.